The van der Waals surface area contributed by atoms with Crippen LogP contribution in [-0.4, -0.2) is 16.9 Å². The summed E-state index contributed by atoms with van der Waals surface area (Å²) in [5, 5.41) is 14.4. The summed E-state index contributed by atoms with van der Waals surface area (Å²) in [5.74, 6) is -0.621. The quantitative estimate of drug-likeness (QED) is 0.212. The van der Waals surface area contributed by atoms with Gasteiger partial charge in [-0.1, -0.05) is 29.4 Å². The number of nitro groups is 1. The van der Waals surface area contributed by atoms with Gasteiger partial charge in [-0.25, -0.2) is 4.79 Å². The molecule has 3 rings (SSSR count). The molecule has 0 saturated carbocycles. The van der Waals surface area contributed by atoms with Gasteiger partial charge in [0.15, 0.2) is 0 Å². The Bertz CT molecular complexity index is 843. The van der Waals surface area contributed by atoms with Crippen molar-refractivity contribution >= 4 is 11.7 Å². The molecule has 0 fully saturated rings. The first-order valence-electron chi connectivity index (χ1n) is 7.17. The van der Waals surface area contributed by atoms with Crippen molar-refractivity contribution in [2.24, 2.45) is 5.11 Å². The summed E-state index contributed by atoms with van der Waals surface area (Å²) in [4.78, 5) is 25.2. The highest BCUT2D eigenvalue weighted by Crippen LogP contribution is 2.36. The van der Waals surface area contributed by atoms with Crippen LogP contribution in [0.5, 0.6) is 0 Å². The van der Waals surface area contributed by atoms with Crippen LogP contribution in [0.1, 0.15) is 27.6 Å². The summed E-state index contributed by atoms with van der Waals surface area (Å²) >= 11 is 0. The molecule has 0 bridgehead atoms. The minimum absolute atomic E-state index is 0.107. The third kappa shape index (κ3) is 2.90. The highest BCUT2D eigenvalue weighted by Gasteiger charge is 2.34. The fraction of sp³-hybridized carbons (Fsp3) is 0.188. The van der Waals surface area contributed by atoms with Gasteiger partial charge in [-0.05, 0) is 35.2 Å². The average molecular weight is 324 g/mol. The van der Waals surface area contributed by atoms with Crippen molar-refractivity contribution in [3.63, 3.8) is 0 Å². The van der Waals surface area contributed by atoms with E-state index in [0.717, 1.165) is 11.1 Å². The zero-order chi connectivity index (χ0) is 17.1. The highest BCUT2D eigenvalue weighted by molar-refractivity contribution is 5.89. The lowest BCUT2D eigenvalue weighted by Gasteiger charge is -2.17. The summed E-state index contributed by atoms with van der Waals surface area (Å²) in [7, 11) is 0. The predicted octanol–water partition coefficient (Wildman–Crippen LogP) is 3.73. The normalized spacial score (nSPS) is 18.3. The maximum absolute atomic E-state index is 12.3. The van der Waals surface area contributed by atoms with E-state index in [0.29, 0.717) is 6.42 Å². The molecule has 0 amide bonds. The molecule has 0 aromatic heterocycles. The topological polar surface area (TPSA) is 118 Å². The van der Waals surface area contributed by atoms with Crippen molar-refractivity contribution in [3.8, 4) is 0 Å². The molecule has 1 aliphatic carbocycles. The Morgan fingerprint density at radius 1 is 1.25 bits per heavy atom. The van der Waals surface area contributed by atoms with Crippen LogP contribution < -0.4 is 0 Å². The van der Waals surface area contributed by atoms with Gasteiger partial charge in [0.2, 0.25) is 0 Å². The van der Waals surface area contributed by atoms with E-state index in [1.54, 1.807) is 0 Å². The number of benzene rings is 2. The first-order valence-corrected chi connectivity index (χ1v) is 7.17. The van der Waals surface area contributed by atoms with Crippen molar-refractivity contribution in [1.29, 1.82) is 0 Å². The number of non-ortho nitro benzene ring substituents is 1. The fourth-order valence-electron chi connectivity index (χ4n) is 2.75. The van der Waals surface area contributed by atoms with Crippen molar-refractivity contribution < 1.29 is 14.5 Å². The van der Waals surface area contributed by atoms with Crippen molar-refractivity contribution in [1.82, 2.24) is 0 Å². The Labute approximate surface area is 136 Å². The van der Waals surface area contributed by atoms with Crippen LogP contribution in [0.15, 0.2) is 53.6 Å². The lowest BCUT2D eigenvalue weighted by molar-refractivity contribution is -0.384. The number of fused-ring (bicyclic) bond motifs is 1. The molecule has 0 saturated heterocycles. The summed E-state index contributed by atoms with van der Waals surface area (Å²) in [6, 6.07) is 12.1. The minimum atomic E-state index is -0.667. The van der Waals surface area contributed by atoms with Crippen LogP contribution in [-0.2, 0) is 11.2 Å². The van der Waals surface area contributed by atoms with E-state index in [1.807, 2.05) is 24.3 Å². The van der Waals surface area contributed by atoms with Gasteiger partial charge in [0, 0.05) is 17.0 Å². The number of azide groups is 1. The van der Waals surface area contributed by atoms with Crippen LogP contribution in [0.2, 0.25) is 0 Å². The Morgan fingerprint density at radius 3 is 2.62 bits per heavy atom. The van der Waals surface area contributed by atoms with Gasteiger partial charge in [0.25, 0.3) is 5.69 Å². The first kappa shape index (κ1) is 15.5. The number of nitrogens with zero attached hydrogens (tertiary/aromatic N) is 4. The maximum Gasteiger partial charge on any atom is 0.338 e. The molecule has 8 heteroatoms. The molecule has 8 nitrogen and oxygen atoms in total. The number of esters is 1. The molecule has 24 heavy (non-hydrogen) atoms. The van der Waals surface area contributed by atoms with Gasteiger partial charge in [0.05, 0.1) is 16.5 Å². The lowest BCUT2D eigenvalue weighted by Crippen LogP contribution is -2.18. The second-order valence-electron chi connectivity index (χ2n) is 5.31. The van der Waals surface area contributed by atoms with Crippen LogP contribution >= 0.6 is 0 Å². The monoisotopic (exact) mass is 324 g/mol. The molecule has 0 N–H and O–H groups in total. The van der Waals surface area contributed by atoms with Crippen LogP contribution in [0.4, 0.5) is 5.69 Å². The van der Waals surface area contributed by atoms with Gasteiger partial charge in [-0.2, -0.15) is 0 Å². The van der Waals surface area contributed by atoms with E-state index in [-0.39, 0.29) is 11.3 Å². The van der Waals surface area contributed by atoms with E-state index in [9.17, 15) is 14.9 Å². The molecule has 2 aromatic carbocycles. The molecule has 0 heterocycles. The van der Waals surface area contributed by atoms with Gasteiger partial charge in [-0.15, -0.1) is 0 Å². The Hall–Kier alpha value is -3.38. The van der Waals surface area contributed by atoms with E-state index in [1.165, 1.54) is 24.3 Å². The number of carbonyl (C=O) groups is 1. The number of hydrogen-bond acceptors (Lipinski definition) is 5. The Balaban J connectivity index is 1.84. The third-order valence-corrected chi connectivity index (χ3v) is 3.89. The second kappa shape index (κ2) is 6.39. The van der Waals surface area contributed by atoms with E-state index in [2.05, 4.69) is 10.0 Å². The number of nitro benzene ring substituents is 1. The number of rotatable bonds is 4. The lowest BCUT2D eigenvalue weighted by atomic mass is 10.1. The van der Waals surface area contributed by atoms with Gasteiger partial charge < -0.3 is 4.74 Å². The molecule has 0 aliphatic heterocycles. The van der Waals surface area contributed by atoms with Crippen LogP contribution in [0.25, 0.3) is 10.4 Å². The number of hydrogen-bond donors (Lipinski definition) is 0. The zero-order valence-corrected chi connectivity index (χ0v) is 12.4. The van der Waals surface area contributed by atoms with Crippen LogP contribution in [0.3, 0.4) is 0 Å². The minimum Gasteiger partial charge on any atom is -0.453 e. The third-order valence-electron chi connectivity index (χ3n) is 3.89. The highest BCUT2D eigenvalue weighted by atomic mass is 16.6. The second-order valence-corrected chi connectivity index (χ2v) is 5.31. The van der Waals surface area contributed by atoms with Crippen molar-refractivity contribution in [2.45, 2.75) is 18.6 Å². The maximum atomic E-state index is 12.3. The standard InChI is InChI=1S/C16H12N4O4/c17-19-18-14-9-11-3-1-2-4-13(11)15(14)24-16(21)10-5-7-12(8-6-10)20(22)23/h1-8,14-15H,9H2/t14-,15-/m1/s1. The smallest absolute Gasteiger partial charge is 0.338 e. The van der Waals surface area contributed by atoms with Crippen LogP contribution in [0, 0.1) is 10.1 Å². The summed E-state index contributed by atoms with van der Waals surface area (Å²) in [6.07, 6.45) is -0.168. The Kier molecular flexibility index (Phi) is 4.13. The van der Waals surface area contributed by atoms with Crippen molar-refractivity contribution in [3.05, 3.63) is 85.8 Å². The first-order chi connectivity index (χ1) is 11.6. The molecular weight excluding hydrogens is 312 g/mol. The molecule has 0 spiro atoms. The molecule has 1 aliphatic rings. The van der Waals surface area contributed by atoms with Gasteiger partial charge in [0.1, 0.15) is 6.10 Å². The number of ether oxygens (including phenoxy) is 1. The summed E-state index contributed by atoms with van der Waals surface area (Å²) < 4.78 is 5.52. The molecule has 0 radical (unpaired) electrons. The summed E-state index contributed by atoms with van der Waals surface area (Å²) in [5.41, 5.74) is 10.6. The fourth-order valence-corrected chi connectivity index (χ4v) is 2.75. The predicted molar refractivity (Wildman–Crippen MR) is 84.3 cm³/mol. The van der Waals surface area contributed by atoms with Gasteiger partial charge in [-0.3, -0.25) is 10.1 Å². The summed E-state index contributed by atoms with van der Waals surface area (Å²) in [6.45, 7) is 0. The van der Waals surface area contributed by atoms with Crippen molar-refractivity contribution in [2.75, 3.05) is 0 Å². The van der Waals surface area contributed by atoms with E-state index >= 15 is 0 Å². The zero-order valence-electron chi connectivity index (χ0n) is 12.4. The SMILES string of the molecule is [N-]=[N+]=N[C@@H]1Cc2ccccc2[C@H]1OC(=O)c1ccc([N+](=O)[O-])cc1. The molecule has 2 aromatic rings. The molecule has 0 unspecified atom stereocenters. The van der Waals surface area contributed by atoms with Gasteiger partial charge >= 0.3 is 5.97 Å². The molecular formula is C16H12N4O4. The Morgan fingerprint density at radius 2 is 1.96 bits per heavy atom. The largest absolute Gasteiger partial charge is 0.453 e. The van der Waals surface area contributed by atoms with E-state index < -0.39 is 23.0 Å². The molecule has 2 atom stereocenters. The van der Waals surface area contributed by atoms with E-state index in [4.69, 9.17) is 10.3 Å². The average Bonchev–Trinajstić information content (AvgIpc) is 2.93. The molecule has 120 valence electrons. The number of carbonyl (C=O) groups excluding carboxylic acids is 1.